The summed E-state index contributed by atoms with van der Waals surface area (Å²) in [6.45, 7) is 3.53. The van der Waals surface area contributed by atoms with Crippen LogP contribution in [0.25, 0.3) is 0 Å². The first-order valence-electron chi connectivity index (χ1n) is 6.03. The van der Waals surface area contributed by atoms with Gasteiger partial charge in [0.1, 0.15) is 0 Å². The lowest BCUT2D eigenvalue weighted by Crippen LogP contribution is -2.52. The molecule has 0 aromatic heterocycles. The smallest absolute Gasteiger partial charge is 0.223 e. The summed E-state index contributed by atoms with van der Waals surface area (Å²) in [5.74, 6) is -1.46. The zero-order valence-electron chi connectivity index (χ0n) is 9.99. The van der Waals surface area contributed by atoms with Gasteiger partial charge in [-0.05, 0) is 18.8 Å². The molecular weight excluding hydrogens is 206 g/mol. The molecule has 1 rings (SSSR count). The molecule has 1 aliphatic carbocycles. The Morgan fingerprint density at radius 2 is 1.75 bits per heavy atom. The van der Waals surface area contributed by atoms with Crippen LogP contribution < -0.4 is 10.4 Å². The fourth-order valence-electron chi connectivity index (χ4n) is 2.13. The van der Waals surface area contributed by atoms with E-state index in [-0.39, 0.29) is 17.7 Å². The first-order valence-corrected chi connectivity index (χ1v) is 6.03. The Morgan fingerprint density at radius 1 is 1.19 bits per heavy atom. The second kappa shape index (κ2) is 5.87. The third kappa shape index (κ3) is 3.51. The normalized spacial score (nSPS) is 19.4. The monoisotopic (exact) mass is 226 g/mol. The number of carbonyl (C=O) groups excluding carboxylic acids is 2. The van der Waals surface area contributed by atoms with E-state index in [2.05, 4.69) is 5.32 Å². The third-order valence-corrected chi connectivity index (χ3v) is 3.19. The second-order valence-corrected chi connectivity index (χ2v) is 4.88. The van der Waals surface area contributed by atoms with E-state index in [0.717, 1.165) is 25.7 Å². The van der Waals surface area contributed by atoms with Gasteiger partial charge in [0.15, 0.2) is 0 Å². The van der Waals surface area contributed by atoms with Crippen LogP contribution in [0.5, 0.6) is 0 Å². The highest BCUT2D eigenvalue weighted by Gasteiger charge is 2.24. The molecule has 16 heavy (non-hydrogen) atoms. The van der Waals surface area contributed by atoms with Crippen LogP contribution in [-0.4, -0.2) is 17.9 Å². The molecule has 1 saturated carbocycles. The number of rotatable bonds is 4. The summed E-state index contributed by atoms with van der Waals surface area (Å²) in [5, 5.41) is 13.4. The van der Waals surface area contributed by atoms with Gasteiger partial charge in [0, 0.05) is 5.92 Å². The van der Waals surface area contributed by atoms with Crippen LogP contribution in [0.4, 0.5) is 0 Å². The predicted octanol–water partition coefficient (Wildman–Crippen LogP) is 0.457. The van der Waals surface area contributed by atoms with Crippen LogP contribution in [-0.2, 0) is 9.59 Å². The van der Waals surface area contributed by atoms with Crippen LogP contribution in [0.1, 0.15) is 46.0 Å². The average Bonchev–Trinajstić information content (AvgIpc) is 2.25. The average molecular weight is 226 g/mol. The van der Waals surface area contributed by atoms with Crippen molar-refractivity contribution in [1.82, 2.24) is 5.32 Å². The zero-order chi connectivity index (χ0) is 12.1. The van der Waals surface area contributed by atoms with Crippen LogP contribution >= 0.6 is 0 Å². The highest BCUT2D eigenvalue weighted by molar-refractivity contribution is 5.84. The number of carbonyl (C=O) groups is 2. The number of hydrogen-bond acceptors (Lipinski definition) is 3. The van der Waals surface area contributed by atoms with Gasteiger partial charge in [0.05, 0.1) is 12.0 Å². The summed E-state index contributed by atoms with van der Waals surface area (Å²) in [7, 11) is 0. The minimum Gasteiger partial charge on any atom is -0.548 e. The maximum atomic E-state index is 11.8. The van der Waals surface area contributed by atoms with Gasteiger partial charge >= 0.3 is 0 Å². The van der Waals surface area contributed by atoms with Crippen molar-refractivity contribution in [3.05, 3.63) is 0 Å². The Labute approximate surface area is 96.4 Å². The highest BCUT2D eigenvalue weighted by Crippen LogP contribution is 2.23. The van der Waals surface area contributed by atoms with E-state index in [1.807, 2.05) is 0 Å². The van der Waals surface area contributed by atoms with Crippen molar-refractivity contribution >= 4 is 11.9 Å². The standard InChI is InChI=1S/C12H21NO3/c1-8(2)10(12(15)16)13-11(14)9-6-4-3-5-7-9/h8-10H,3-7H2,1-2H3,(H,13,14)(H,15,16)/p-1. The van der Waals surface area contributed by atoms with E-state index in [4.69, 9.17) is 0 Å². The Morgan fingerprint density at radius 3 is 2.19 bits per heavy atom. The van der Waals surface area contributed by atoms with E-state index < -0.39 is 12.0 Å². The van der Waals surface area contributed by atoms with Crippen molar-refractivity contribution in [1.29, 1.82) is 0 Å². The number of carboxylic acids is 1. The van der Waals surface area contributed by atoms with Crippen LogP contribution in [0.2, 0.25) is 0 Å². The van der Waals surface area contributed by atoms with Crippen molar-refractivity contribution < 1.29 is 14.7 Å². The maximum absolute atomic E-state index is 11.8. The largest absolute Gasteiger partial charge is 0.548 e. The van der Waals surface area contributed by atoms with E-state index in [0.29, 0.717) is 0 Å². The van der Waals surface area contributed by atoms with Gasteiger partial charge in [-0.3, -0.25) is 4.79 Å². The number of amides is 1. The van der Waals surface area contributed by atoms with Crippen molar-refractivity contribution in [3.63, 3.8) is 0 Å². The zero-order valence-corrected chi connectivity index (χ0v) is 9.99. The van der Waals surface area contributed by atoms with Gasteiger partial charge in [0.2, 0.25) is 5.91 Å². The van der Waals surface area contributed by atoms with Gasteiger partial charge in [-0.15, -0.1) is 0 Å². The SMILES string of the molecule is CC(C)C(NC(=O)C1CCCCC1)C(=O)[O-]. The van der Waals surface area contributed by atoms with E-state index in [1.54, 1.807) is 13.8 Å². The number of nitrogens with one attached hydrogen (secondary N) is 1. The van der Waals surface area contributed by atoms with Gasteiger partial charge in [-0.25, -0.2) is 0 Å². The Balaban J connectivity index is 2.50. The number of aliphatic carboxylic acids is 1. The van der Waals surface area contributed by atoms with Gasteiger partial charge < -0.3 is 15.2 Å². The third-order valence-electron chi connectivity index (χ3n) is 3.19. The molecule has 1 aliphatic rings. The summed E-state index contributed by atoms with van der Waals surface area (Å²) in [6.07, 6.45) is 5.07. The lowest BCUT2D eigenvalue weighted by atomic mass is 9.88. The minimum atomic E-state index is -1.20. The maximum Gasteiger partial charge on any atom is 0.223 e. The summed E-state index contributed by atoms with van der Waals surface area (Å²) in [6, 6.07) is -0.866. The molecule has 0 bridgehead atoms. The molecule has 4 heteroatoms. The summed E-state index contributed by atoms with van der Waals surface area (Å²) >= 11 is 0. The first kappa shape index (κ1) is 13.0. The Bertz CT molecular complexity index is 257. The van der Waals surface area contributed by atoms with Crippen molar-refractivity contribution in [2.24, 2.45) is 11.8 Å². The summed E-state index contributed by atoms with van der Waals surface area (Å²) < 4.78 is 0. The van der Waals surface area contributed by atoms with Crippen LogP contribution in [0.15, 0.2) is 0 Å². The molecule has 0 radical (unpaired) electrons. The Kier molecular flexibility index (Phi) is 4.77. The Hall–Kier alpha value is -1.06. The van der Waals surface area contributed by atoms with Crippen molar-refractivity contribution in [2.45, 2.75) is 52.0 Å². The first-order chi connectivity index (χ1) is 7.52. The molecule has 1 N–H and O–H groups in total. The van der Waals surface area contributed by atoms with E-state index >= 15 is 0 Å². The minimum absolute atomic E-state index is 0.00523. The number of carboxylic acid groups (broad SMARTS) is 1. The second-order valence-electron chi connectivity index (χ2n) is 4.88. The molecule has 1 atom stereocenters. The van der Waals surface area contributed by atoms with Crippen molar-refractivity contribution in [2.75, 3.05) is 0 Å². The molecule has 1 fully saturated rings. The summed E-state index contributed by atoms with van der Waals surface area (Å²) in [4.78, 5) is 22.6. The van der Waals surface area contributed by atoms with Crippen molar-refractivity contribution in [3.8, 4) is 0 Å². The molecule has 0 aliphatic heterocycles. The molecule has 4 nitrogen and oxygen atoms in total. The molecule has 0 saturated heterocycles. The lowest BCUT2D eigenvalue weighted by molar-refractivity contribution is -0.309. The molecule has 92 valence electrons. The molecular formula is C12H20NO3-. The van der Waals surface area contributed by atoms with E-state index in [9.17, 15) is 14.7 Å². The van der Waals surface area contributed by atoms with Gasteiger partial charge in [-0.1, -0.05) is 33.1 Å². The van der Waals surface area contributed by atoms with Crippen LogP contribution in [0, 0.1) is 11.8 Å². The summed E-state index contributed by atoms with van der Waals surface area (Å²) in [5.41, 5.74) is 0. The van der Waals surface area contributed by atoms with E-state index in [1.165, 1.54) is 6.42 Å². The molecule has 0 aromatic rings. The fourth-order valence-corrected chi connectivity index (χ4v) is 2.13. The van der Waals surface area contributed by atoms with Gasteiger partial charge in [-0.2, -0.15) is 0 Å². The molecule has 0 heterocycles. The molecule has 0 aromatic carbocycles. The quantitative estimate of drug-likeness (QED) is 0.757. The molecule has 1 amide bonds. The van der Waals surface area contributed by atoms with Crippen LogP contribution in [0.3, 0.4) is 0 Å². The highest BCUT2D eigenvalue weighted by atomic mass is 16.4. The fraction of sp³-hybridized carbons (Fsp3) is 0.833. The number of hydrogen-bond donors (Lipinski definition) is 1. The topological polar surface area (TPSA) is 69.2 Å². The molecule has 0 spiro atoms. The van der Waals surface area contributed by atoms with Gasteiger partial charge in [0.25, 0.3) is 0 Å². The molecule has 1 unspecified atom stereocenters. The predicted molar refractivity (Wildman–Crippen MR) is 58.4 cm³/mol. The lowest BCUT2D eigenvalue weighted by Gasteiger charge is -2.27.